The third kappa shape index (κ3) is 7.89. The molecule has 7 heterocycles. The number of rotatable bonds is 11. The van der Waals surface area contributed by atoms with E-state index in [1.165, 1.54) is 6.92 Å². The van der Waals surface area contributed by atoms with Crippen molar-refractivity contribution < 1.29 is 19.1 Å². The minimum Gasteiger partial charge on any atom is -0.494 e. The number of nitrogens with one attached hydrogen (secondary N) is 1. The van der Waals surface area contributed by atoms with Crippen LogP contribution in [0.4, 0.5) is 11.4 Å². The zero-order valence-electron chi connectivity index (χ0n) is 35.6. The number of fused-ring (bicyclic) bond motifs is 2. The SMILES string of the molecule is C=C1CCC(N2Cc3c(ccc(N4CCN(CCN5CCN(c6ccc(Cc7ncc8c(C)c(C(C)=O)c(=O)n(C9CCCC9)c8n7)nc6)CC5)CC4)c3OC)C2=O)C(=O)N1. The van der Waals surface area contributed by atoms with Gasteiger partial charge in [0.1, 0.15) is 23.3 Å². The molecule has 1 aliphatic carbocycles. The predicted molar refractivity (Wildman–Crippen MR) is 234 cm³/mol. The lowest BCUT2D eigenvalue weighted by Gasteiger charge is -2.39. The number of hydrogen-bond acceptors (Lipinski definition) is 12. The van der Waals surface area contributed by atoms with Gasteiger partial charge in [-0.25, -0.2) is 9.97 Å². The summed E-state index contributed by atoms with van der Waals surface area (Å²) in [4.78, 5) is 78.1. The standard InChI is InChI=1S/C46H56N10O5/c1-29-9-13-39(44(58)49-29)55-28-37-35(45(55)59)12-14-38(42(37)61-4)54-23-19-52(20-24-54)16-15-51-17-21-53(22-18-51)34-11-10-32(47-26-34)25-40-48-27-36-30(2)41(31(3)57)46(60)56(43(36)50-40)33-7-5-6-8-33/h10-12,14,26-27,33,39H,1,5-9,13,15-25,28H2,2-4H3,(H,49,58). The number of piperazine rings is 2. The van der Waals surface area contributed by atoms with Gasteiger partial charge in [-0.15, -0.1) is 0 Å². The van der Waals surface area contributed by atoms with Crippen LogP contribution < -0.4 is 25.4 Å². The number of ketones is 1. The number of carbonyl (C=O) groups excluding carboxylic acids is 3. The first kappa shape index (κ1) is 40.7. The predicted octanol–water partition coefficient (Wildman–Crippen LogP) is 4.10. The van der Waals surface area contributed by atoms with Crippen LogP contribution in [0.2, 0.25) is 0 Å². The average molecular weight is 829 g/mol. The summed E-state index contributed by atoms with van der Waals surface area (Å²) in [6.45, 7) is 17.0. The van der Waals surface area contributed by atoms with Gasteiger partial charge >= 0.3 is 0 Å². The van der Waals surface area contributed by atoms with Gasteiger partial charge < -0.3 is 24.8 Å². The van der Waals surface area contributed by atoms with Crippen molar-refractivity contribution in [1.82, 2.24) is 39.5 Å². The van der Waals surface area contributed by atoms with Crippen LogP contribution in [0.15, 0.2) is 53.7 Å². The number of anilines is 2. The van der Waals surface area contributed by atoms with Gasteiger partial charge in [0.05, 0.1) is 43.2 Å². The van der Waals surface area contributed by atoms with E-state index < -0.39 is 6.04 Å². The number of amides is 2. The van der Waals surface area contributed by atoms with Crippen molar-refractivity contribution in [3.63, 3.8) is 0 Å². The molecule has 0 bridgehead atoms. The van der Waals surface area contributed by atoms with E-state index >= 15 is 0 Å². The maximum Gasteiger partial charge on any atom is 0.263 e. The molecule has 320 valence electrons. The van der Waals surface area contributed by atoms with Crippen molar-refractivity contribution in [2.24, 2.45) is 0 Å². The van der Waals surface area contributed by atoms with Crippen LogP contribution >= 0.6 is 0 Å². The minimum absolute atomic E-state index is 0.0439. The molecule has 2 amide bonds. The monoisotopic (exact) mass is 828 g/mol. The maximum atomic E-state index is 13.6. The Kier molecular flexibility index (Phi) is 11.4. The molecular formula is C46H56N10O5. The van der Waals surface area contributed by atoms with E-state index in [0.717, 1.165) is 125 Å². The van der Waals surface area contributed by atoms with Crippen molar-refractivity contribution in [2.45, 2.75) is 77.4 Å². The highest BCUT2D eigenvalue weighted by molar-refractivity contribution is 6.03. The van der Waals surface area contributed by atoms with Gasteiger partial charge in [-0.2, -0.15) is 0 Å². The highest BCUT2D eigenvalue weighted by Crippen LogP contribution is 2.41. The number of methoxy groups -OCH3 is 1. The summed E-state index contributed by atoms with van der Waals surface area (Å²) in [6.07, 6.45) is 9.34. The van der Waals surface area contributed by atoms with Gasteiger partial charge in [0.15, 0.2) is 5.78 Å². The molecular weight excluding hydrogens is 773 g/mol. The van der Waals surface area contributed by atoms with Crippen LogP contribution in [0.25, 0.3) is 11.0 Å². The summed E-state index contributed by atoms with van der Waals surface area (Å²) < 4.78 is 7.72. The molecule has 0 radical (unpaired) electrons. The van der Waals surface area contributed by atoms with E-state index in [1.54, 1.807) is 22.8 Å². The number of aromatic nitrogens is 4. The number of Topliss-reactive ketones (excluding diaryl/α,β-unsaturated/α-hetero) is 1. The molecule has 4 aliphatic heterocycles. The lowest BCUT2D eigenvalue weighted by molar-refractivity contribution is -0.126. The van der Waals surface area contributed by atoms with Crippen LogP contribution in [0.3, 0.4) is 0 Å². The summed E-state index contributed by atoms with van der Waals surface area (Å²) in [6, 6.07) is 7.63. The van der Waals surface area contributed by atoms with Crippen LogP contribution in [0, 0.1) is 6.92 Å². The van der Waals surface area contributed by atoms with Crippen molar-refractivity contribution >= 4 is 40.0 Å². The lowest BCUT2D eigenvalue weighted by Crippen LogP contribution is -2.51. The lowest BCUT2D eigenvalue weighted by atomic mass is 10.0. The summed E-state index contributed by atoms with van der Waals surface area (Å²) in [5, 5.41) is 3.57. The summed E-state index contributed by atoms with van der Waals surface area (Å²) in [5.74, 6) is 0.835. The highest BCUT2D eigenvalue weighted by atomic mass is 16.5. The number of aryl methyl sites for hydroxylation is 1. The fourth-order valence-corrected chi connectivity index (χ4v) is 10.1. The van der Waals surface area contributed by atoms with Crippen LogP contribution in [0.1, 0.15) is 94.9 Å². The first-order valence-corrected chi connectivity index (χ1v) is 21.9. The zero-order chi connectivity index (χ0) is 42.4. The van der Waals surface area contributed by atoms with Gasteiger partial charge in [-0.3, -0.25) is 38.5 Å². The van der Waals surface area contributed by atoms with Gasteiger partial charge in [0, 0.05) is 106 Å². The van der Waals surface area contributed by atoms with E-state index in [-0.39, 0.29) is 34.8 Å². The molecule has 1 aromatic carbocycles. The van der Waals surface area contributed by atoms with E-state index in [4.69, 9.17) is 14.7 Å². The van der Waals surface area contributed by atoms with E-state index in [2.05, 4.69) is 42.5 Å². The Hall–Kier alpha value is -5.67. The van der Waals surface area contributed by atoms with E-state index in [1.807, 2.05) is 31.3 Å². The molecule has 15 nitrogen and oxygen atoms in total. The number of carbonyl (C=O) groups is 3. The number of ether oxygens (including phenoxy) is 1. The summed E-state index contributed by atoms with van der Waals surface area (Å²) in [5.41, 5.74) is 6.42. The van der Waals surface area contributed by atoms with E-state index in [9.17, 15) is 19.2 Å². The second-order valence-electron chi connectivity index (χ2n) is 17.3. The third-order valence-corrected chi connectivity index (χ3v) is 13.6. The van der Waals surface area contributed by atoms with Crippen molar-refractivity contribution in [3.8, 4) is 5.75 Å². The Labute approximate surface area is 356 Å². The molecule has 1 atom stereocenters. The fraction of sp³-hybridized carbons (Fsp3) is 0.500. The first-order chi connectivity index (χ1) is 29.6. The molecule has 9 rings (SSSR count). The maximum absolute atomic E-state index is 13.6. The Bertz CT molecular complexity index is 2430. The normalized spacial score (nSPS) is 20.5. The van der Waals surface area contributed by atoms with Gasteiger partial charge in [0.2, 0.25) is 5.91 Å². The molecule has 4 fully saturated rings. The number of benzene rings is 1. The zero-order valence-corrected chi connectivity index (χ0v) is 35.6. The summed E-state index contributed by atoms with van der Waals surface area (Å²) >= 11 is 0. The topological polar surface area (TPSA) is 149 Å². The van der Waals surface area contributed by atoms with E-state index in [0.29, 0.717) is 54.1 Å². The molecule has 0 spiro atoms. The Morgan fingerprint density at radius 1 is 0.885 bits per heavy atom. The Balaban J connectivity index is 0.760. The van der Waals surface area contributed by atoms with Crippen molar-refractivity contribution in [1.29, 1.82) is 0 Å². The molecule has 4 aromatic rings. The van der Waals surface area contributed by atoms with Gasteiger partial charge in [0.25, 0.3) is 11.5 Å². The molecule has 3 saturated heterocycles. The van der Waals surface area contributed by atoms with Crippen molar-refractivity contribution in [2.75, 3.05) is 82.4 Å². The van der Waals surface area contributed by atoms with Gasteiger partial charge in [-0.05, 0) is 69.4 Å². The smallest absolute Gasteiger partial charge is 0.263 e. The number of nitrogens with zero attached hydrogens (tertiary/aromatic N) is 9. The van der Waals surface area contributed by atoms with Crippen LogP contribution in [-0.4, -0.2) is 130 Å². The molecule has 1 N–H and O–H groups in total. The molecule has 3 aromatic heterocycles. The Morgan fingerprint density at radius 2 is 1.59 bits per heavy atom. The molecule has 5 aliphatic rings. The minimum atomic E-state index is -0.501. The molecule has 1 saturated carbocycles. The van der Waals surface area contributed by atoms with Crippen LogP contribution in [0.5, 0.6) is 5.75 Å². The second-order valence-corrected chi connectivity index (χ2v) is 17.3. The average Bonchev–Trinajstić information content (AvgIpc) is 3.91. The highest BCUT2D eigenvalue weighted by Gasteiger charge is 2.40. The Morgan fingerprint density at radius 3 is 2.23 bits per heavy atom. The largest absolute Gasteiger partial charge is 0.494 e. The van der Waals surface area contributed by atoms with Gasteiger partial charge in [-0.1, -0.05) is 19.4 Å². The number of hydrogen-bond donors (Lipinski definition) is 1. The van der Waals surface area contributed by atoms with Crippen LogP contribution in [-0.2, 0) is 17.8 Å². The second kappa shape index (κ2) is 17.0. The number of pyridine rings is 2. The first-order valence-electron chi connectivity index (χ1n) is 21.9. The molecule has 1 unspecified atom stereocenters. The quantitative estimate of drug-likeness (QED) is 0.217. The third-order valence-electron chi connectivity index (χ3n) is 13.6. The molecule has 15 heteroatoms. The molecule has 61 heavy (non-hydrogen) atoms. The number of allylic oxidation sites excluding steroid dienone is 1. The summed E-state index contributed by atoms with van der Waals surface area (Å²) in [7, 11) is 1.67. The van der Waals surface area contributed by atoms with Crippen molar-refractivity contribution in [3.05, 3.63) is 93.1 Å². The number of piperidine rings is 1. The fourth-order valence-electron chi connectivity index (χ4n) is 10.1.